The van der Waals surface area contributed by atoms with Gasteiger partial charge in [-0.2, -0.15) is 0 Å². The van der Waals surface area contributed by atoms with Gasteiger partial charge in [0.1, 0.15) is 11.6 Å². The molecule has 1 aromatic rings. The number of ether oxygens (including phenoxy) is 1. The van der Waals surface area contributed by atoms with Crippen molar-refractivity contribution < 1.29 is 14.2 Å². The lowest BCUT2D eigenvalue weighted by atomic mass is 9.87. The van der Waals surface area contributed by atoms with Gasteiger partial charge in [-0.15, -0.1) is 0 Å². The third-order valence-electron chi connectivity index (χ3n) is 4.46. The van der Waals surface area contributed by atoms with E-state index in [0.29, 0.717) is 11.3 Å². The third-order valence-corrected chi connectivity index (χ3v) is 4.46. The van der Waals surface area contributed by atoms with Crippen molar-refractivity contribution in [1.82, 2.24) is 5.32 Å². The first kappa shape index (κ1) is 15.3. The molecule has 0 aliphatic heterocycles. The highest BCUT2D eigenvalue weighted by molar-refractivity contribution is 5.30. The number of benzene rings is 1. The Labute approximate surface area is 120 Å². The molecule has 0 aromatic heterocycles. The number of methoxy groups -OCH3 is 1. The molecule has 0 saturated heterocycles. The van der Waals surface area contributed by atoms with E-state index in [-0.39, 0.29) is 23.9 Å². The normalized spacial score (nSPS) is 19.0. The highest BCUT2D eigenvalue weighted by Gasteiger charge is 2.33. The van der Waals surface area contributed by atoms with Gasteiger partial charge in [0, 0.05) is 36.2 Å². The van der Waals surface area contributed by atoms with Gasteiger partial charge in [0.15, 0.2) is 0 Å². The predicted molar refractivity (Wildman–Crippen MR) is 77.4 cm³/mol. The molecular weight excluding hydrogens is 257 g/mol. The highest BCUT2D eigenvalue weighted by atomic mass is 19.1. The van der Waals surface area contributed by atoms with Gasteiger partial charge >= 0.3 is 0 Å². The zero-order valence-corrected chi connectivity index (χ0v) is 12.3. The number of aliphatic hydroxyl groups excluding tert-OH is 1. The Morgan fingerprint density at radius 3 is 2.65 bits per heavy atom. The number of hydrogen-bond donors (Lipinski definition) is 2. The van der Waals surface area contributed by atoms with E-state index < -0.39 is 0 Å². The summed E-state index contributed by atoms with van der Waals surface area (Å²) in [6.45, 7) is 2.89. The van der Waals surface area contributed by atoms with Crippen molar-refractivity contribution in [2.45, 2.75) is 38.6 Å². The average molecular weight is 281 g/mol. The van der Waals surface area contributed by atoms with Crippen molar-refractivity contribution in [3.05, 3.63) is 29.6 Å². The second-order valence-electron chi connectivity index (χ2n) is 5.86. The van der Waals surface area contributed by atoms with Gasteiger partial charge < -0.3 is 15.2 Å². The lowest BCUT2D eigenvalue weighted by Gasteiger charge is -2.29. The molecule has 1 atom stereocenters. The minimum Gasteiger partial charge on any atom is -0.497 e. The van der Waals surface area contributed by atoms with E-state index in [2.05, 4.69) is 5.32 Å². The van der Waals surface area contributed by atoms with Crippen LogP contribution in [0.1, 0.15) is 44.2 Å². The summed E-state index contributed by atoms with van der Waals surface area (Å²) in [7, 11) is 1.53. The molecule has 0 heterocycles. The first-order valence-electron chi connectivity index (χ1n) is 7.28. The van der Waals surface area contributed by atoms with Gasteiger partial charge in [0.2, 0.25) is 0 Å². The van der Waals surface area contributed by atoms with Gasteiger partial charge in [-0.05, 0) is 25.8 Å². The van der Waals surface area contributed by atoms with Crippen LogP contribution in [0.4, 0.5) is 4.39 Å². The van der Waals surface area contributed by atoms with Crippen LogP contribution in [0.2, 0.25) is 0 Å². The van der Waals surface area contributed by atoms with Crippen molar-refractivity contribution in [2.75, 3.05) is 20.3 Å². The lowest BCUT2D eigenvalue weighted by Crippen LogP contribution is -2.36. The molecule has 1 fully saturated rings. The quantitative estimate of drug-likeness (QED) is 0.842. The monoisotopic (exact) mass is 281 g/mol. The first-order valence-corrected chi connectivity index (χ1v) is 7.28. The molecule has 2 rings (SSSR count). The van der Waals surface area contributed by atoms with E-state index in [9.17, 15) is 9.50 Å². The minimum absolute atomic E-state index is 0.0167. The lowest BCUT2D eigenvalue weighted by molar-refractivity contribution is 0.125. The molecule has 1 saturated carbocycles. The third kappa shape index (κ3) is 3.30. The number of halogens is 1. The van der Waals surface area contributed by atoms with Gasteiger partial charge in [0.25, 0.3) is 0 Å². The molecule has 4 heteroatoms. The largest absolute Gasteiger partial charge is 0.497 e. The van der Waals surface area contributed by atoms with Crippen LogP contribution in [-0.4, -0.2) is 25.4 Å². The van der Waals surface area contributed by atoms with Gasteiger partial charge in [-0.1, -0.05) is 18.9 Å². The molecule has 1 aromatic carbocycles. The minimum atomic E-state index is -0.256. The molecular formula is C16H24FNO2. The molecule has 0 bridgehead atoms. The molecule has 0 radical (unpaired) electrons. The Morgan fingerprint density at radius 1 is 1.40 bits per heavy atom. The van der Waals surface area contributed by atoms with Crippen LogP contribution in [0.3, 0.4) is 0 Å². The first-order chi connectivity index (χ1) is 9.60. The van der Waals surface area contributed by atoms with Crippen LogP contribution in [0.25, 0.3) is 0 Å². The highest BCUT2D eigenvalue weighted by Crippen LogP contribution is 2.37. The summed E-state index contributed by atoms with van der Waals surface area (Å²) < 4.78 is 19.0. The molecule has 112 valence electrons. The summed E-state index contributed by atoms with van der Waals surface area (Å²) in [5.41, 5.74) is 0.619. The number of aliphatic hydroxyl groups is 1. The molecule has 1 unspecified atom stereocenters. The molecule has 0 amide bonds. The number of nitrogens with one attached hydrogen (secondary N) is 1. The molecule has 3 nitrogen and oxygen atoms in total. The molecule has 20 heavy (non-hydrogen) atoms. The fraction of sp³-hybridized carbons (Fsp3) is 0.625. The zero-order valence-electron chi connectivity index (χ0n) is 12.3. The van der Waals surface area contributed by atoms with E-state index in [0.717, 1.165) is 19.4 Å². The molecule has 1 aliphatic carbocycles. The van der Waals surface area contributed by atoms with Crippen molar-refractivity contribution in [3.63, 3.8) is 0 Å². The smallest absolute Gasteiger partial charge is 0.131 e. The Hall–Kier alpha value is -1.13. The van der Waals surface area contributed by atoms with Gasteiger partial charge in [-0.25, -0.2) is 4.39 Å². The van der Waals surface area contributed by atoms with E-state index in [1.165, 1.54) is 26.0 Å². The van der Waals surface area contributed by atoms with Crippen LogP contribution in [-0.2, 0) is 0 Å². The Bertz CT molecular complexity index is 444. The van der Waals surface area contributed by atoms with E-state index in [1.807, 2.05) is 6.92 Å². The van der Waals surface area contributed by atoms with Crippen LogP contribution in [0.15, 0.2) is 18.2 Å². The summed E-state index contributed by atoms with van der Waals surface area (Å²) in [6, 6.07) is 4.86. The molecule has 0 spiro atoms. The fourth-order valence-electron chi connectivity index (χ4n) is 2.98. The average Bonchev–Trinajstić information content (AvgIpc) is 2.94. The maximum absolute atomic E-state index is 14.0. The maximum Gasteiger partial charge on any atom is 0.131 e. The molecule has 2 N–H and O–H groups in total. The van der Waals surface area contributed by atoms with E-state index in [4.69, 9.17) is 4.74 Å². The van der Waals surface area contributed by atoms with Crippen LogP contribution in [0, 0.1) is 11.2 Å². The fourth-order valence-corrected chi connectivity index (χ4v) is 2.98. The summed E-state index contributed by atoms with van der Waals surface area (Å²) >= 11 is 0. The summed E-state index contributed by atoms with van der Waals surface area (Å²) in [6.07, 6.45) is 4.45. The van der Waals surface area contributed by atoms with Crippen LogP contribution >= 0.6 is 0 Å². The Kier molecular flexibility index (Phi) is 5.00. The summed E-state index contributed by atoms with van der Waals surface area (Å²) in [5, 5.41) is 13.0. The summed E-state index contributed by atoms with van der Waals surface area (Å²) in [5.74, 6) is 0.273. The van der Waals surface area contributed by atoms with Crippen LogP contribution < -0.4 is 10.1 Å². The Balaban J connectivity index is 1.99. The van der Waals surface area contributed by atoms with Crippen molar-refractivity contribution in [2.24, 2.45) is 5.41 Å². The van der Waals surface area contributed by atoms with Crippen molar-refractivity contribution >= 4 is 0 Å². The second kappa shape index (κ2) is 6.55. The number of rotatable bonds is 6. The molecule has 1 aliphatic rings. The van der Waals surface area contributed by atoms with E-state index in [1.54, 1.807) is 12.1 Å². The SMILES string of the molecule is COc1ccc(C(C)NCC2(CO)CCCC2)c(F)c1. The van der Waals surface area contributed by atoms with E-state index >= 15 is 0 Å². The zero-order chi connectivity index (χ0) is 14.6. The van der Waals surface area contributed by atoms with Gasteiger partial charge in [0.05, 0.1) is 7.11 Å². The van der Waals surface area contributed by atoms with Gasteiger partial charge in [-0.3, -0.25) is 0 Å². The van der Waals surface area contributed by atoms with Crippen molar-refractivity contribution in [1.29, 1.82) is 0 Å². The standard InChI is InChI=1S/C16H24FNO2/c1-12(14-6-5-13(20-2)9-15(14)17)18-10-16(11-19)7-3-4-8-16/h5-6,9,12,18-19H,3-4,7-8,10-11H2,1-2H3. The second-order valence-corrected chi connectivity index (χ2v) is 5.86. The Morgan fingerprint density at radius 2 is 2.10 bits per heavy atom. The summed E-state index contributed by atoms with van der Waals surface area (Å²) in [4.78, 5) is 0. The van der Waals surface area contributed by atoms with Crippen LogP contribution in [0.5, 0.6) is 5.75 Å². The maximum atomic E-state index is 14.0. The topological polar surface area (TPSA) is 41.5 Å². The van der Waals surface area contributed by atoms with Crippen molar-refractivity contribution in [3.8, 4) is 5.75 Å². The predicted octanol–water partition coefficient (Wildman–Crippen LogP) is 3.04. The number of hydrogen-bond acceptors (Lipinski definition) is 3.